The van der Waals surface area contributed by atoms with Gasteiger partial charge in [-0.2, -0.15) is 4.31 Å². The Morgan fingerprint density at radius 2 is 1.71 bits per heavy atom. The van der Waals surface area contributed by atoms with Gasteiger partial charge < -0.3 is 5.73 Å². The minimum absolute atomic E-state index is 0. The molecule has 0 fully saturated rings. The number of hydrogen-bond acceptors (Lipinski definition) is 5. The molecule has 2 N–H and O–H groups in total. The van der Waals surface area contributed by atoms with Gasteiger partial charge in [-0.15, -0.1) is 12.4 Å². The van der Waals surface area contributed by atoms with Gasteiger partial charge >= 0.3 is 0 Å². The average Bonchev–Trinajstić information content (AvgIpc) is 2.45. The third kappa shape index (κ3) is 4.40. The van der Waals surface area contributed by atoms with E-state index in [0.717, 1.165) is 4.31 Å². The van der Waals surface area contributed by atoms with Crippen LogP contribution >= 0.6 is 12.4 Å². The lowest BCUT2D eigenvalue weighted by atomic mass is 10.4. The van der Waals surface area contributed by atoms with E-state index in [-0.39, 0.29) is 40.5 Å². The molecular weight excluding hydrogens is 336 g/mol. The lowest BCUT2D eigenvalue weighted by Crippen LogP contribution is -2.39. The van der Waals surface area contributed by atoms with Crippen molar-refractivity contribution in [3.63, 3.8) is 0 Å². The van der Waals surface area contributed by atoms with Gasteiger partial charge in [0.1, 0.15) is 0 Å². The molecule has 0 aromatic heterocycles. The second-order valence-corrected chi connectivity index (χ2v) is 8.76. The highest BCUT2D eigenvalue weighted by molar-refractivity contribution is 7.91. The Labute approximate surface area is 132 Å². The van der Waals surface area contributed by atoms with Crippen molar-refractivity contribution in [3.05, 3.63) is 24.3 Å². The number of nitrogens with zero attached hydrogens (tertiary/aromatic N) is 1. The molecule has 0 aliphatic heterocycles. The van der Waals surface area contributed by atoms with E-state index >= 15 is 0 Å². The van der Waals surface area contributed by atoms with Gasteiger partial charge in [-0.25, -0.2) is 16.8 Å². The molecule has 1 atom stereocenters. The van der Waals surface area contributed by atoms with E-state index < -0.39 is 19.9 Å². The van der Waals surface area contributed by atoms with Crippen molar-refractivity contribution in [2.24, 2.45) is 5.73 Å². The van der Waals surface area contributed by atoms with Gasteiger partial charge in [0, 0.05) is 19.6 Å². The molecule has 6 nitrogen and oxygen atoms in total. The molecule has 1 rings (SSSR count). The van der Waals surface area contributed by atoms with Crippen molar-refractivity contribution in [1.29, 1.82) is 0 Å². The molecule has 0 spiro atoms. The Kier molecular flexibility index (Phi) is 7.31. The third-order valence-electron chi connectivity index (χ3n) is 3.18. The molecular formula is C12H21ClN2O4S2. The number of halogens is 1. The van der Waals surface area contributed by atoms with E-state index in [1.807, 2.05) is 0 Å². The van der Waals surface area contributed by atoms with Crippen LogP contribution < -0.4 is 5.73 Å². The van der Waals surface area contributed by atoms with E-state index in [0.29, 0.717) is 0 Å². The molecule has 0 aliphatic rings. The van der Waals surface area contributed by atoms with Crippen molar-refractivity contribution in [2.45, 2.75) is 29.7 Å². The van der Waals surface area contributed by atoms with Crippen LogP contribution in [0.5, 0.6) is 0 Å². The number of benzene rings is 1. The highest BCUT2D eigenvalue weighted by Crippen LogP contribution is 2.20. The third-order valence-corrected chi connectivity index (χ3v) is 6.88. The summed E-state index contributed by atoms with van der Waals surface area (Å²) >= 11 is 0. The van der Waals surface area contributed by atoms with Crippen LogP contribution in [0, 0.1) is 0 Å². The van der Waals surface area contributed by atoms with E-state index in [9.17, 15) is 16.8 Å². The summed E-state index contributed by atoms with van der Waals surface area (Å²) in [5.74, 6) is -0.0778. The summed E-state index contributed by atoms with van der Waals surface area (Å²) in [4.78, 5) is -0.0373. The Morgan fingerprint density at radius 1 is 1.19 bits per heavy atom. The molecule has 0 radical (unpaired) electrons. The predicted molar refractivity (Wildman–Crippen MR) is 84.9 cm³/mol. The van der Waals surface area contributed by atoms with Gasteiger partial charge in [0.2, 0.25) is 10.0 Å². The smallest absolute Gasteiger partial charge is 0.243 e. The maximum atomic E-state index is 12.4. The average molecular weight is 357 g/mol. The van der Waals surface area contributed by atoms with Crippen LogP contribution in [-0.4, -0.2) is 46.5 Å². The number of rotatable bonds is 6. The molecule has 0 saturated heterocycles. The van der Waals surface area contributed by atoms with E-state index in [4.69, 9.17) is 5.73 Å². The first-order valence-corrected chi connectivity index (χ1v) is 9.27. The molecule has 0 aliphatic carbocycles. The van der Waals surface area contributed by atoms with Crippen LogP contribution in [0.4, 0.5) is 0 Å². The lowest BCUT2D eigenvalue weighted by Gasteiger charge is -2.23. The standard InChI is InChI=1S/C12H20N2O4S2.ClH/c1-4-19(15,16)11-6-5-7-12(8-11)20(17,18)14(3)10(2)9-13;/h5-8,10H,4,9,13H2,1-3H3;1H. The first kappa shape index (κ1) is 20.3. The second-order valence-electron chi connectivity index (χ2n) is 4.48. The summed E-state index contributed by atoms with van der Waals surface area (Å²) in [5, 5.41) is 0. The fraction of sp³-hybridized carbons (Fsp3) is 0.500. The fourth-order valence-electron chi connectivity index (χ4n) is 1.55. The number of hydrogen-bond donors (Lipinski definition) is 1. The maximum Gasteiger partial charge on any atom is 0.243 e. The minimum atomic E-state index is -3.75. The summed E-state index contributed by atoms with van der Waals surface area (Å²) in [5.41, 5.74) is 5.47. The molecule has 21 heavy (non-hydrogen) atoms. The first-order chi connectivity index (χ1) is 9.16. The van der Waals surface area contributed by atoms with E-state index in [1.54, 1.807) is 6.92 Å². The molecule has 122 valence electrons. The van der Waals surface area contributed by atoms with Crippen LogP contribution in [-0.2, 0) is 19.9 Å². The predicted octanol–water partition coefficient (Wildman–Crippen LogP) is 0.870. The van der Waals surface area contributed by atoms with Crippen molar-refractivity contribution in [1.82, 2.24) is 4.31 Å². The largest absolute Gasteiger partial charge is 0.329 e. The molecule has 0 amide bonds. The summed E-state index contributed by atoms with van der Waals surface area (Å²) in [6.45, 7) is 3.38. The number of sulfone groups is 1. The van der Waals surface area contributed by atoms with Crippen LogP contribution in [0.15, 0.2) is 34.1 Å². The van der Waals surface area contributed by atoms with Crippen molar-refractivity contribution < 1.29 is 16.8 Å². The minimum Gasteiger partial charge on any atom is -0.329 e. The van der Waals surface area contributed by atoms with Gasteiger partial charge in [0.15, 0.2) is 9.84 Å². The summed E-state index contributed by atoms with van der Waals surface area (Å²) in [6, 6.07) is 5.02. The zero-order valence-corrected chi connectivity index (χ0v) is 14.6. The molecule has 0 heterocycles. The van der Waals surface area contributed by atoms with Gasteiger partial charge in [-0.05, 0) is 25.1 Å². The quantitative estimate of drug-likeness (QED) is 0.815. The monoisotopic (exact) mass is 356 g/mol. The number of sulfonamides is 1. The lowest BCUT2D eigenvalue weighted by molar-refractivity contribution is 0.394. The molecule has 1 aromatic rings. The zero-order valence-electron chi connectivity index (χ0n) is 12.2. The topological polar surface area (TPSA) is 97.5 Å². The highest BCUT2D eigenvalue weighted by Gasteiger charge is 2.25. The van der Waals surface area contributed by atoms with Crippen LogP contribution in [0.1, 0.15) is 13.8 Å². The van der Waals surface area contributed by atoms with E-state index in [1.165, 1.54) is 38.2 Å². The number of nitrogens with two attached hydrogens (primary N) is 1. The summed E-state index contributed by atoms with van der Waals surface area (Å²) in [7, 11) is -5.77. The van der Waals surface area contributed by atoms with Gasteiger partial charge in [0.05, 0.1) is 15.5 Å². The van der Waals surface area contributed by atoms with Crippen LogP contribution in [0.25, 0.3) is 0 Å². The molecule has 1 aromatic carbocycles. The molecule has 1 unspecified atom stereocenters. The first-order valence-electron chi connectivity index (χ1n) is 6.17. The zero-order chi connectivity index (χ0) is 15.6. The molecule has 0 bridgehead atoms. The Morgan fingerprint density at radius 3 is 2.19 bits per heavy atom. The van der Waals surface area contributed by atoms with Crippen LogP contribution in [0.2, 0.25) is 0 Å². The molecule has 9 heteroatoms. The van der Waals surface area contributed by atoms with Crippen molar-refractivity contribution in [3.8, 4) is 0 Å². The normalized spacial score (nSPS) is 13.8. The van der Waals surface area contributed by atoms with E-state index in [2.05, 4.69) is 0 Å². The Bertz CT molecular complexity index is 674. The Balaban J connectivity index is 0.00000400. The summed E-state index contributed by atoms with van der Waals surface area (Å²) in [6.07, 6.45) is 0. The van der Waals surface area contributed by atoms with Gasteiger partial charge in [-0.1, -0.05) is 13.0 Å². The van der Waals surface area contributed by atoms with Gasteiger partial charge in [0.25, 0.3) is 0 Å². The van der Waals surface area contributed by atoms with Crippen molar-refractivity contribution >= 4 is 32.3 Å². The highest BCUT2D eigenvalue weighted by atomic mass is 35.5. The van der Waals surface area contributed by atoms with Crippen molar-refractivity contribution in [2.75, 3.05) is 19.3 Å². The second kappa shape index (κ2) is 7.55. The van der Waals surface area contributed by atoms with Gasteiger partial charge in [-0.3, -0.25) is 0 Å². The number of likely N-dealkylation sites (N-methyl/N-ethyl adjacent to an activating group) is 1. The Hall–Kier alpha value is -0.670. The molecule has 0 saturated carbocycles. The summed E-state index contributed by atoms with van der Waals surface area (Å²) < 4.78 is 49.5. The fourth-order valence-corrected chi connectivity index (χ4v) is 3.97. The maximum absolute atomic E-state index is 12.4. The van der Waals surface area contributed by atoms with Crippen LogP contribution in [0.3, 0.4) is 0 Å². The SMILES string of the molecule is CCS(=O)(=O)c1cccc(S(=O)(=O)N(C)C(C)CN)c1.Cl.